The SMILES string of the molecule is CCCNC(=O)C(C)[C@@H](CC(C)C(N)=O)C(=O)O. The minimum Gasteiger partial charge on any atom is -0.481 e. The number of nitrogens with one attached hydrogen (secondary N) is 1. The molecule has 6 heteroatoms. The highest BCUT2D eigenvalue weighted by molar-refractivity contribution is 5.85. The molecule has 0 aliphatic rings. The summed E-state index contributed by atoms with van der Waals surface area (Å²) in [4.78, 5) is 33.8. The van der Waals surface area contributed by atoms with Crippen LogP contribution < -0.4 is 11.1 Å². The zero-order valence-corrected chi connectivity index (χ0v) is 11.1. The second-order valence-electron chi connectivity index (χ2n) is 4.56. The normalized spacial score (nSPS) is 15.5. The molecule has 0 spiro atoms. The number of carbonyl (C=O) groups excluding carboxylic acids is 2. The van der Waals surface area contributed by atoms with Crippen molar-refractivity contribution in [3.05, 3.63) is 0 Å². The van der Waals surface area contributed by atoms with Crippen molar-refractivity contribution in [1.82, 2.24) is 5.32 Å². The molecule has 0 aliphatic heterocycles. The van der Waals surface area contributed by atoms with E-state index in [1.807, 2.05) is 6.92 Å². The molecular weight excluding hydrogens is 236 g/mol. The maximum atomic E-state index is 11.7. The zero-order valence-electron chi connectivity index (χ0n) is 11.1. The summed E-state index contributed by atoms with van der Waals surface area (Å²) in [5.41, 5.74) is 5.11. The van der Waals surface area contributed by atoms with Gasteiger partial charge in [0.25, 0.3) is 0 Å². The number of rotatable bonds is 8. The molecule has 0 aromatic carbocycles. The maximum absolute atomic E-state index is 11.7. The van der Waals surface area contributed by atoms with Gasteiger partial charge in [-0.05, 0) is 12.8 Å². The van der Waals surface area contributed by atoms with Crippen molar-refractivity contribution in [1.29, 1.82) is 0 Å². The van der Waals surface area contributed by atoms with E-state index in [9.17, 15) is 14.4 Å². The van der Waals surface area contributed by atoms with Crippen molar-refractivity contribution in [3.8, 4) is 0 Å². The first kappa shape index (κ1) is 16.4. The van der Waals surface area contributed by atoms with E-state index in [0.29, 0.717) is 6.54 Å². The Hall–Kier alpha value is -1.59. The molecule has 0 aromatic heterocycles. The molecular formula is C12H22N2O4. The Balaban J connectivity index is 4.63. The number of carboxylic acids is 1. The lowest BCUT2D eigenvalue weighted by Gasteiger charge is -2.21. The standard InChI is InChI=1S/C12H22N2O4/c1-4-5-14-11(16)8(3)9(12(17)18)6-7(2)10(13)15/h7-9H,4-6H2,1-3H3,(H2,13,15)(H,14,16)(H,17,18)/t7?,8?,9-/m1/s1. The second-order valence-corrected chi connectivity index (χ2v) is 4.56. The summed E-state index contributed by atoms with van der Waals surface area (Å²) in [7, 11) is 0. The molecule has 0 bridgehead atoms. The van der Waals surface area contributed by atoms with Gasteiger partial charge in [-0.2, -0.15) is 0 Å². The third-order valence-electron chi connectivity index (χ3n) is 2.98. The molecule has 0 saturated heterocycles. The van der Waals surface area contributed by atoms with Crippen LogP contribution in [0.5, 0.6) is 0 Å². The summed E-state index contributed by atoms with van der Waals surface area (Å²) in [6.45, 7) is 5.54. The number of aliphatic carboxylic acids is 1. The van der Waals surface area contributed by atoms with Gasteiger partial charge in [-0.15, -0.1) is 0 Å². The molecule has 4 N–H and O–H groups in total. The largest absolute Gasteiger partial charge is 0.481 e. The number of hydrogen-bond acceptors (Lipinski definition) is 3. The summed E-state index contributed by atoms with van der Waals surface area (Å²) in [6, 6.07) is 0. The van der Waals surface area contributed by atoms with Crippen molar-refractivity contribution in [2.45, 2.75) is 33.6 Å². The molecule has 0 saturated carbocycles. The van der Waals surface area contributed by atoms with Gasteiger partial charge in [-0.25, -0.2) is 0 Å². The second kappa shape index (κ2) is 7.68. The fourth-order valence-electron chi connectivity index (χ4n) is 1.61. The van der Waals surface area contributed by atoms with Gasteiger partial charge >= 0.3 is 5.97 Å². The smallest absolute Gasteiger partial charge is 0.307 e. The molecule has 18 heavy (non-hydrogen) atoms. The fraction of sp³-hybridized carbons (Fsp3) is 0.750. The van der Waals surface area contributed by atoms with Crippen molar-refractivity contribution in [2.24, 2.45) is 23.5 Å². The summed E-state index contributed by atoms with van der Waals surface area (Å²) in [5.74, 6) is -4.08. The lowest BCUT2D eigenvalue weighted by molar-refractivity contribution is -0.148. The topological polar surface area (TPSA) is 109 Å². The van der Waals surface area contributed by atoms with Crippen molar-refractivity contribution >= 4 is 17.8 Å². The van der Waals surface area contributed by atoms with Crippen LogP contribution in [0.25, 0.3) is 0 Å². The van der Waals surface area contributed by atoms with E-state index >= 15 is 0 Å². The molecule has 2 unspecified atom stereocenters. The van der Waals surface area contributed by atoms with Crippen molar-refractivity contribution in [2.75, 3.05) is 6.54 Å². The van der Waals surface area contributed by atoms with Crippen LogP contribution in [-0.4, -0.2) is 29.4 Å². The van der Waals surface area contributed by atoms with Crippen molar-refractivity contribution in [3.63, 3.8) is 0 Å². The predicted molar refractivity (Wildman–Crippen MR) is 66.6 cm³/mol. The number of nitrogens with two attached hydrogens (primary N) is 1. The van der Waals surface area contributed by atoms with Crippen molar-refractivity contribution < 1.29 is 19.5 Å². The molecule has 0 rings (SSSR count). The average molecular weight is 258 g/mol. The van der Waals surface area contributed by atoms with Crippen LogP contribution in [0.3, 0.4) is 0 Å². The summed E-state index contributed by atoms with van der Waals surface area (Å²) in [5, 5.41) is 11.8. The van der Waals surface area contributed by atoms with E-state index in [1.165, 1.54) is 0 Å². The van der Waals surface area contributed by atoms with Gasteiger partial charge in [0.2, 0.25) is 11.8 Å². The van der Waals surface area contributed by atoms with Crippen LogP contribution >= 0.6 is 0 Å². The molecule has 104 valence electrons. The van der Waals surface area contributed by atoms with E-state index in [-0.39, 0.29) is 12.3 Å². The van der Waals surface area contributed by atoms with Gasteiger partial charge < -0.3 is 16.2 Å². The molecule has 0 fully saturated rings. The van der Waals surface area contributed by atoms with Gasteiger partial charge in [0.15, 0.2) is 0 Å². The van der Waals surface area contributed by atoms with Crippen LogP contribution in [0.4, 0.5) is 0 Å². The third-order valence-corrected chi connectivity index (χ3v) is 2.98. The van der Waals surface area contributed by atoms with Crippen LogP contribution in [-0.2, 0) is 14.4 Å². The van der Waals surface area contributed by atoms with E-state index in [1.54, 1.807) is 13.8 Å². The number of carboxylic acid groups (broad SMARTS) is 1. The van der Waals surface area contributed by atoms with Crippen LogP contribution in [0.15, 0.2) is 0 Å². The van der Waals surface area contributed by atoms with Crippen LogP contribution in [0.2, 0.25) is 0 Å². The molecule has 0 aromatic rings. The first-order chi connectivity index (χ1) is 8.31. The van der Waals surface area contributed by atoms with Gasteiger partial charge in [0.05, 0.1) is 5.92 Å². The summed E-state index contributed by atoms with van der Waals surface area (Å²) < 4.78 is 0. The van der Waals surface area contributed by atoms with Crippen LogP contribution in [0.1, 0.15) is 33.6 Å². The van der Waals surface area contributed by atoms with E-state index in [4.69, 9.17) is 10.8 Å². The summed E-state index contributed by atoms with van der Waals surface area (Å²) in [6.07, 6.45) is 0.860. The first-order valence-electron chi connectivity index (χ1n) is 6.11. The van der Waals surface area contributed by atoms with E-state index in [0.717, 1.165) is 6.42 Å². The van der Waals surface area contributed by atoms with Gasteiger partial charge in [0, 0.05) is 18.4 Å². The number of primary amides is 1. The van der Waals surface area contributed by atoms with Gasteiger partial charge in [0.1, 0.15) is 0 Å². The third kappa shape index (κ3) is 5.16. The maximum Gasteiger partial charge on any atom is 0.307 e. The first-order valence-corrected chi connectivity index (χ1v) is 6.11. The Bertz CT molecular complexity index is 317. The molecule has 0 heterocycles. The number of carbonyl (C=O) groups is 3. The molecule has 2 amide bonds. The van der Waals surface area contributed by atoms with Gasteiger partial charge in [-0.1, -0.05) is 20.8 Å². The number of amides is 2. The molecule has 0 radical (unpaired) electrons. The van der Waals surface area contributed by atoms with Gasteiger partial charge in [-0.3, -0.25) is 14.4 Å². The Morgan fingerprint density at radius 2 is 1.83 bits per heavy atom. The highest BCUT2D eigenvalue weighted by atomic mass is 16.4. The summed E-state index contributed by atoms with van der Waals surface area (Å²) >= 11 is 0. The quantitative estimate of drug-likeness (QED) is 0.584. The van der Waals surface area contributed by atoms with E-state index < -0.39 is 29.6 Å². The average Bonchev–Trinajstić information content (AvgIpc) is 2.30. The Kier molecular flexibility index (Phi) is 7.00. The Morgan fingerprint density at radius 3 is 2.22 bits per heavy atom. The molecule has 3 atom stereocenters. The zero-order chi connectivity index (χ0) is 14.3. The van der Waals surface area contributed by atoms with E-state index in [2.05, 4.69) is 5.32 Å². The Labute approximate surface area is 107 Å². The highest BCUT2D eigenvalue weighted by Gasteiger charge is 2.32. The highest BCUT2D eigenvalue weighted by Crippen LogP contribution is 2.21. The fourth-order valence-corrected chi connectivity index (χ4v) is 1.61. The monoisotopic (exact) mass is 258 g/mol. The molecule has 6 nitrogen and oxygen atoms in total. The minimum atomic E-state index is -1.08. The van der Waals surface area contributed by atoms with Crippen LogP contribution in [0, 0.1) is 17.8 Å². The lowest BCUT2D eigenvalue weighted by Crippen LogP contribution is -2.38. The minimum absolute atomic E-state index is 0.0748. The molecule has 0 aliphatic carbocycles. The Morgan fingerprint density at radius 1 is 1.28 bits per heavy atom. The lowest BCUT2D eigenvalue weighted by atomic mass is 9.85. The predicted octanol–water partition coefficient (Wildman–Crippen LogP) is 0.361. The number of hydrogen-bond donors (Lipinski definition) is 3.